The van der Waals surface area contributed by atoms with Gasteiger partial charge < -0.3 is 10.6 Å². The highest BCUT2D eigenvalue weighted by molar-refractivity contribution is 6.05. The van der Waals surface area contributed by atoms with Crippen LogP contribution in [-0.2, 0) is 4.79 Å². The number of aryl methyl sites for hydroxylation is 3. The molecule has 2 aromatic rings. The van der Waals surface area contributed by atoms with Crippen LogP contribution < -0.4 is 10.6 Å². The van der Waals surface area contributed by atoms with Crippen molar-refractivity contribution in [1.29, 1.82) is 0 Å². The van der Waals surface area contributed by atoms with E-state index < -0.39 is 6.04 Å². The fourth-order valence-electron chi connectivity index (χ4n) is 2.79. The van der Waals surface area contributed by atoms with E-state index in [1.165, 1.54) is 16.7 Å². The van der Waals surface area contributed by atoms with Crippen molar-refractivity contribution in [2.45, 2.75) is 32.9 Å². The fraction of sp³-hybridized carbons (Fsp3) is 0.278. The number of hydrogen-bond acceptors (Lipinski definition) is 2. The molecule has 108 valence electrons. The van der Waals surface area contributed by atoms with Gasteiger partial charge >= 0.3 is 0 Å². The molecule has 1 aliphatic rings. The molecule has 0 unspecified atom stereocenters. The van der Waals surface area contributed by atoms with Crippen LogP contribution in [0.3, 0.4) is 0 Å². The number of carbonyl (C=O) groups is 1. The summed E-state index contributed by atoms with van der Waals surface area (Å²) in [4.78, 5) is 14.0. The van der Waals surface area contributed by atoms with Crippen molar-refractivity contribution < 1.29 is 4.79 Å². The largest absolute Gasteiger partial charge is 0.318 e. The van der Waals surface area contributed by atoms with Gasteiger partial charge in [0.25, 0.3) is 0 Å². The van der Waals surface area contributed by atoms with Gasteiger partial charge in [-0.2, -0.15) is 0 Å². The van der Waals surface area contributed by atoms with Gasteiger partial charge in [0.15, 0.2) is 0 Å². The molecule has 3 rings (SSSR count). The minimum Gasteiger partial charge on any atom is -0.318 e. The van der Waals surface area contributed by atoms with Crippen LogP contribution in [-0.4, -0.2) is 11.9 Å². The average molecular weight is 280 g/mol. The molecular weight excluding hydrogens is 260 g/mol. The zero-order chi connectivity index (χ0) is 15.1. The Morgan fingerprint density at radius 3 is 2.24 bits per heavy atom. The maximum atomic E-state index is 12.2. The second-order valence-corrected chi connectivity index (χ2v) is 5.86. The molecule has 3 nitrogen and oxygen atoms in total. The Kier molecular flexibility index (Phi) is 3.30. The van der Waals surface area contributed by atoms with E-state index in [2.05, 4.69) is 51.1 Å². The second-order valence-electron chi connectivity index (χ2n) is 5.86. The van der Waals surface area contributed by atoms with Crippen LogP contribution in [0.1, 0.15) is 28.3 Å². The molecule has 2 N–H and O–H groups in total. The summed E-state index contributed by atoms with van der Waals surface area (Å²) in [6.07, 6.45) is 0. The van der Waals surface area contributed by atoms with Crippen molar-refractivity contribution in [3.8, 4) is 0 Å². The van der Waals surface area contributed by atoms with Crippen LogP contribution in [0, 0.1) is 20.8 Å². The number of nitrogens with two attached hydrogens (primary N) is 1. The summed E-state index contributed by atoms with van der Waals surface area (Å²) < 4.78 is 0. The molecule has 0 aliphatic carbocycles. The summed E-state index contributed by atoms with van der Waals surface area (Å²) >= 11 is 0. The Morgan fingerprint density at radius 2 is 1.62 bits per heavy atom. The highest BCUT2D eigenvalue weighted by Crippen LogP contribution is 2.38. The van der Waals surface area contributed by atoms with Crippen molar-refractivity contribution in [3.63, 3.8) is 0 Å². The first kappa shape index (κ1) is 13.8. The normalized spacial score (nSPS) is 21.3. The maximum absolute atomic E-state index is 12.2. The Balaban J connectivity index is 1.98. The van der Waals surface area contributed by atoms with E-state index in [0.29, 0.717) is 0 Å². The summed E-state index contributed by atoms with van der Waals surface area (Å²) in [5.41, 5.74) is 11.7. The van der Waals surface area contributed by atoms with Crippen LogP contribution in [0.2, 0.25) is 0 Å². The van der Waals surface area contributed by atoms with Gasteiger partial charge in [-0.25, -0.2) is 0 Å². The molecule has 1 saturated heterocycles. The van der Waals surface area contributed by atoms with E-state index in [1.807, 2.05) is 17.0 Å². The van der Waals surface area contributed by atoms with Crippen LogP contribution in [0.4, 0.5) is 5.69 Å². The Hall–Kier alpha value is -2.13. The standard InChI is InChI=1S/C18H20N2O/c1-11-4-7-14(8-5-11)17-16(19)18(21)20(17)15-9-6-12(2)13(3)10-15/h4-10,16-17H,19H2,1-3H3/t16-,17+/m0/s1. The van der Waals surface area contributed by atoms with Gasteiger partial charge in [-0.15, -0.1) is 0 Å². The monoisotopic (exact) mass is 280 g/mol. The lowest BCUT2D eigenvalue weighted by molar-refractivity contribution is -0.126. The van der Waals surface area contributed by atoms with E-state index in [1.54, 1.807) is 0 Å². The predicted molar refractivity (Wildman–Crippen MR) is 85.3 cm³/mol. The van der Waals surface area contributed by atoms with Crippen LogP contribution in [0.5, 0.6) is 0 Å². The topological polar surface area (TPSA) is 46.3 Å². The first-order valence-corrected chi connectivity index (χ1v) is 7.21. The van der Waals surface area contributed by atoms with Gasteiger partial charge in [0.2, 0.25) is 5.91 Å². The lowest BCUT2D eigenvalue weighted by Gasteiger charge is -2.45. The number of rotatable bonds is 2. The summed E-state index contributed by atoms with van der Waals surface area (Å²) in [6.45, 7) is 6.18. The smallest absolute Gasteiger partial charge is 0.247 e. The van der Waals surface area contributed by atoms with Crippen molar-refractivity contribution >= 4 is 11.6 Å². The third kappa shape index (κ3) is 2.24. The Bertz CT molecular complexity index is 691. The fourth-order valence-corrected chi connectivity index (χ4v) is 2.79. The zero-order valence-electron chi connectivity index (χ0n) is 12.6. The first-order valence-electron chi connectivity index (χ1n) is 7.21. The van der Waals surface area contributed by atoms with Gasteiger partial charge in [0.1, 0.15) is 6.04 Å². The lowest BCUT2D eigenvalue weighted by Crippen LogP contribution is -2.63. The molecule has 2 aromatic carbocycles. The molecule has 21 heavy (non-hydrogen) atoms. The molecule has 0 radical (unpaired) electrons. The van der Waals surface area contributed by atoms with Crippen molar-refractivity contribution in [2.75, 3.05) is 4.90 Å². The van der Waals surface area contributed by atoms with Gasteiger partial charge in [-0.05, 0) is 49.6 Å². The molecule has 0 spiro atoms. The molecule has 1 fully saturated rings. The SMILES string of the molecule is Cc1ccc([C@@H]2[C@H](N)C(=O)N2c2ccc(C)c(C)c2)cc1. The predicted octanol–water partition coefficient (Wildman–Crippen LogP) is 3.03. The minimum absolute atomic E-state index is 0.0103. The van der Waals surface area contributed by atoms with E-state index >= 15 is 0 Å². The second kappa shape index (κ2) is 5.01. The first-order chi connectivity index (χ1) is 9.99. The highest BCUT2D eigenvalue weighted by atomic mass is 16.2. The highest BCUT2D eigenvalue weighted by Gasteiger charge is 2.46. The molecule has 1 amide bonds. The average Bonchev–Trinajstić information content (AvgIpc) is 2.48. The lowest BCUT2D eigenvalue weighted by atomic mass is 9.87. The Labute approximate surface area is 125 Å². The molecular formula is C18H20N2O. The number of carbonyl (C=O) groups excluding carboxylic acids is 1. The molecule has 0 saturated carbocycles. The number of hydrogen-bond donors (Lipinski definition) is 1. The third-order valence-corrected chi connectivity index (χ3v) is 4.33. The molecule has 0 bridgehead atoms. The van der Waals surface area contributed by atoms with E-state index in [0.717, 1.165) is 11.3 Å². The molecule has 3 heteroatoms. The number of amides is 1. The molecule has 1 aliphatic heterocycles. The van der Waals surface area contributed by atoms with Crippen molar-refractivity contribution in [2.24, 2.45) is 5.73 Å². The number of anilines is 1. The summed E-state index contributed by atoms with van der Waals surface area (Å²) in [7, 11) is 0. The minimum atomic E-state index is -0.450. The Morgan fingerprint density at radius 1 is 0.952 bits per heavy atom. The quantitative estimate of drug-likeness (QED) is 0.859. The molecule has 2 atom stereocenters. The number of nitrogens with zero attached hydrogens (tertiary/aromatic N) is 1. The van der Waals surface area contributed by atoms with Crippen molar-refractivity contribution in [1.82, 2.24) is 0 Å². The summed E-state index contributed by atoms with van der Waals surface area (Å²) in [5.74, 6) is -0.0103. The van der Waals surface area contributed by atoms with E-state index in [-0.39, 0.29) is 11.9 Å². The van der Waals surface area contributed by atoms with Crippen LogP contribution >= 0.6 is 0 Å². The van der Waals surface area contributed by atoms with E-state index in [9.17, 15) is 4.79 Å². The molecule has 1 heterocycles. The van der Waals surface area contributed by atoms with Gasteiger partial charge in [-0.3, -0.25) is 4.79 Å². The summed E-state index contributed by atoms with van der Waals surface area (Å²) in [6, 6.07) is 13.8. The van der Waals surface area contributed by atoms with E-state index in [4.69, 9.17) is 5.73 Å². The number of β-lactam (4-membered cyclic amide) rings is 1. The van der Waals surface area contributed by atoms with Gasteiger partial charge in [0, 0.05) is 5.69 Å². The summed E-state index contributed by atoms with van der Waals surface area (Å²) in [5, 5.41) is 0. The van der Waals surface area contributed by atoms with Gasteiger partial charge in [0.05, 0.1) is 6.04 Å². The van der Waals surface area contributed by atoms with Crippen LogP contribution in [0.25, 0.3) is 0 Å². The maximum Gasteiger partial charge on any atom is 0.247 e. The van der Waals surface area contributed by atoms with Crippen molar-refractivity contribution in [3.05, 3.63) is 64.7 Å². The molecule has 0 aromatic heterocycles. The van der Waals surface area contributed by atoms with Crippen LogP contribution in [0.15, 0.2) is 42.5 Å². The zero-order valence-corrected chi connectivity index (χ0v) is 12.6. The van der Waals surface area contributed by atoms with Gasteiger partial charge in [-0.1, -0.05) is 35.9 Å². The third-order valence-electron chi connectivity index (χ3n) is 4.33. The number of benzene rings is 2.